The lowest BCUT2D eigenvalue weighted by Gasteiger charge is -2.16. The maximum absolute atomic E-state index is 12.7. The van der Waals surface area contributed by atoms with E-state index in [1.807, 2.05) is 50.2 Å². The number of hydrogen-bond donors (Lipinski definition) is 2. The van der Waals surface area contributed by atoms with Gasteiger partial charge in [0.15, 0.2) is 0 Å². The molecular weight excluding hydrogens is 352 g/mol. The maximum Gasteiger partial charge on any atom is 0.240 e. The first-order chi connectivity index (χ1) is 13.3. The number of carbonyl (C=O) groups excluding carboxylic acids is 2. The molecule has 1 aliphatic rings. The number of benzene rings is 2. The lowest BCUT2D eigenvalue weighted by Crippen LogP contribution is -2.35. The summed E-state index contributed by atoms with van der Waals surface area (Å²) in [5.74, 6) is 0.669. The Morgan fingerprint density at radius 1 is 0.821 bits per heavy atom. The fourth-order valence-electron chi connectivity index (χ4n) is 3.02. The molecule has 2 aromatic carbocycles. The van der Waals surface area contributed by atoms with Crippen LogP contribution in [0.4, 0.5) is 11.4 Å². The molecule has 0 bridgehead atoms. The molecule has 2 amide bonds. The van der Waals surface area contributed by atoms with Crippen LogP contribution < -0.4 is 15.4 Å². The molecule has 0 aromatic heterocycles. The van der Waals surface area contributed by atoms with Crippen LogP contribution in [0, 0.1) is 5.41 Å². The molecule has 2 N–H and O–H groups in total. The van der Waals surface area contributed by atoms with Crippen molar-refractivity contribution in [3.05, 3.63) is 54.1 Å². The van der Waals surface area contributed by atoms with Crippen molar-refractivity contribution >= 4 is 23.2 Å². The van der Waals surface area contributed by atoms with Crippen LogP contribution in [0.2, 0.25) is 0 Å². The molecule has 0 spiro atoms. The SMILES string of the molecule is CC(C)Oc1ccc(NC(=O)C2(C(=O)Nc3ccc(C(C)C)cc3)CC2)cc1. The van der Waals surface area contributed by atoms with Crippen molar-refractivity contribution in [1.82, 2.24) is 0 Å². The summed E-state index contributed by atoms with van der Waals surface area (Å²) in [6, 6.07) is 15.0. The maximum atomic E-state index is 12.7. The molecule has 5 nitrogen and oxygen atoms in total. The highest BCUT2D eigenvalue weighted by Gasteiger charge is 2.56. The van der Waals surface area contributed by atoms with Crippen molar-refractivity contribution in [3.8, 4) is 5.75 Å². The molecule has 5 heteroatoms. The van der Waals surface area contributed by atoms with Crippen molar-refractivity contribution in [3.63, 3.8) is 0 Å². The van der Waals surface area contributed by atoms with Crippen molar-refractivity contribution in [2.24, 2.45) is 5.41 Å². The Morgan fingerprint density at radius 3 is 1.68 bits per heavy atom. The average Bonchev–Trinajstić information content (AvgIpc) is 3.45. The molecule has 0 atom stereocenters. The van der Waals surface area contributed by atoms with Crippen molar-refractivity contribution in [1.29, 1.82) is 0 Å². The quantitative estimate of drug-likeness (QED) is 0.668. The number of rotatable bonds is 7. The number of nitrogens with one attached hydrogen (secondary N) is 2. The van der Waals surface area contributed by atoms with Gasteiger partial charge in [0.25, 0.3) is 0 Å². The van der Waals surface area contributed by atoms with E-state index in [1.54, 1.807) is 12.1 Å². The zero-order valence-corrected chi connectivity index (χ0v) is 16.9. The van der Waals surface area contributed by atoms with Gasteiger partial charge in [-0.3, -0.25) is 9.59 Å². The Hall–Kier alpha value is -2.82. The summed E-state index contributed by atoms with van der Waals surface area (Å²) in [5, 5.41) is 5.75. The number of hydrogen-bond acceptors (Lipinski definition) is 3. The van der Waals surface area contributed by atoms with Crippen LogP contribution >= 0.6 is 0 Å². The molecule has 3 rings (SSSR count). The van der Waals surface area contributed by atoms with Gasteiger partial charge in [-0.2, -0.15) is 0 Å². The summed E-state index contributed by atoms with van der Waals surface area (Å²) in [6.45, 7) is 8.17. The van der Waals surface area contributed by atoms with E-state index >= 15 is 0 Å². The van der Waals surface area contributed by atoms with Crippen LogP contribution in [-0.2, 0) is 9.59 Å². The summed E-state index contributed by atoms with van der Waals surface area (Å²) in [6.07, 6.45) is 1.21. The minimum absolute atomic E-state index is 0.0912. The van der Waals surface area contributed by atoms with Gasteiger partial charge in [0.1, 0.15) is 11.2 Å². The average molecular weight is 380 g/mol. The lowest BCUT2D eigenvalue weighted by molar-refractivity contribution is -0.131. The second-order valence-corrected chi connectivity index (χ2v) is 7.96. The van der Waals surface area contributed by atoms with E-state index < -0.39 is 5.41 Å². The van der Waals surface area contributed by atoms with Crippen LogP contribution in [0.25, 0.3) is 0 Å². The number of amides is 2. The molecule has 0 unspecified atom stereocenters. The number of ether oxygens (including phenoxy) is 1. The third kappa shape index (κ3) is 4.53. The fourth-order valence-corrected chi connectivity index (χ4v) is 3.02. The van der Waals surface area contributed by atoms with Gasteiger partial charge in [0, 0.05) is 11.4 Å². The van der Waals surface area contributed by atoms with Crippen molar-refractivity contribution in [2.45, 2.75) is 52.6 Å². The minimum atomic E-state index is -0.982. The molecule has 0 aliphatic heterocycles. The summed E-state index contributed by atoms with van der Waals surface area (Å²) in [5.41, 5.74) is 1.59. The first-order valence-corrected chi connectivity index (χ1v) is 9.80. The molecule has 0 saturated heterocycles. The van der Waals surface area contributed by atoms with E-state index in [0.717, 1.165) is 5.75 Å². The fraction of sp³-hybridized carbons (Fsp3) is 0.391. The molecule has 1 saturated carbocycles. The Bertz CT molecular complexity index is 835. The van der Waals surface area contributed by atoms with Gasteiger partial charge in [-0.25, -0.2) is 0 Å². The molecule has 1 aliphatic carbocycles. The van der Waals surface area contributed by atoms with E-state index in [2.05, 4.69) is 24.5 Å². The highest BCUT2D eigenvalue weighted by atomic mass is 16.5. The summed E-state index contributed by atoms with van der Waals surface area (Å²) in [7, 11) is 0. The van der Waals surface area contributed by atoms with E-state index in [9.17, 15) is 9.59 Å². The topological polar surface area (TPSA) is 67.4 Å². The van der Waals surface area contributed by atoms with Gasteiger partial charge in [0.2, 0.25) is 11.8 Å². The Balaban J connectivity index is 1.62. The number of carbonyl (C=O) groups is 2. The van der Waals surface area contributed by atoms with E-state index in [1.165, 1.54) is 5.56 Å². The Morgan fingerprint density at radius 2 is 1.29 bits per heavy atom. The predicted molar refractivity (Wildman–Crippen MR) is 112 cm³/mol. The third-order valence-electron chi connectivity index (χ3n) is 4.94. The molecule has 0 radical (unpaired) electrons. The first-order valence-electron chi connectivity index (χ1n) is 9.80. The van der Waals surface area contributed by atoms with Gasteiger partial charge in [-0.15, -0.1) is 0 Å². The molecule has 28 heavy (non-hydrogen) atoms. The van der Waals surface area contributed by atoms with Crippen molar-refractivity contribution < 1.29 is 14.3 Å². The van der Waals surface area contributed by atoms with Crippen LogP contribution in [0.15, 0.2) is 48.5 Å². The van der Waals surface area contributed by atoms with Gasteiger partial charge < -0.3 is 15.4 Å². The van der Waals surface area contributed by atoms with Crippen LogP contribution in [-0.4, -0.2) is 17.9 Å². The Kier molecular flexibility index (Phi) is 5.73. The molecule has 2 aromatic rings. The lowest BCUT2D eigenvalue weighted by atomic mass is 10.0. The highest BCUT2D eigenvalue weighted by Crippen LogP contribution is 2.47. The molecule has 148 valence electrons. The largest absolute Gasteiger partial charge is 0.491 e. The standard InChI is InChI=1S/C23H28N2O3/c1-15(2)17-5-7-18(8-6-17)24-21(26)23(13-14-23)22(27)25-19-9-11-20(12-10-19)28-16(3)4/h5-12,15-16H,13-14H2,1-4H3,(H,24,26)(H,25,27). The highest BCUT2D eigenvalue weighted by molar-refractivity contribution is 6.16. The third-order valence-corrected chi connectivity index (χ3v) is 4.94. The number of anilines is 2. The second kappa shape index (κ2) is 8.05. The van der Waals surface area contributed by atoms with Gasteiger partial charge in [-0.1, -0.05) is 26.0 Å². The summed E-state index contributed by atoms with van der Waals surface area (Å²) >= 11 is 0. The molecular formula is C23H28N2O3. The minimum Gasteiger partial charge on any atom is -0.491 e. The zero-order valence-electron chi connectivity index (χ0n) is 16.9. The Labute approximate surface area is 166 Å². The van der Waals surface area contributed by atoms with E-state index in [4.69, 9.17) is 4.74 Å². The van der Waals surface area contributed by atoms with Crippen molar-refractivity contribution in [2.75, 3.05) is 10.6 Å². The zero-order chi connectivity index (χ0) is 20.3. The van der Waals surface area contributed by atoms with Crippen LogP contribution in [0.5, 0.6) is 5.75 Å². The summed E-state index contributed by atoms with van der Waals surface area (Å²) in [4.78, 5) is 25.5. The van der Waals surface area contributed by atoms with Gasteiger partial charge in [0.05, 0.1) is 6.10 Å². The predicted octanol–water partition coefficient (Wildman–Crippen LogP) is 4.95. The monoisotopic (exact) mass is 380 g/mol. The van der Waals surface area contributed by atoms with E-state index in [-0.39, 0.29) is 17.9 Å². The van der Waals surface area contributed by atoms with E-state index in [0.29, 0.717) is 30.1 Å². The van der Waals surface area contributed by atoms with Gasteiger partial charge >= 0.3 is 0 Å². The normalized spacial score (nSPS) is 14.6. The molecule has 1 fully saturated rings. The smallest absolute Gasteiger partial charge is 0.240 e. The van der Waals surface area contributed by atoms with Crippen LogP contribution in [0.3, 0.4) is 0 Å². The van der Waals surface area contributed by atoms with Crippen LogP contribution in [0.1, 0.15) is 52.0 Å². The molecule has 0 heterocycles. The first kappa shape index (κ1) is 19.9. The second-order valence-electron chi connectivity index (χ2n) is 7.96. The summed E-state index contributed by atoms with van der Waals surface area (Å²) < 4.78 is 5.60. The van der Waals surface area contributed by atoms with Gasteiger partial charge in [-0.05, 0) is 74.6 Å².